The van der Waals surface area contributed by atoms with Crippen LogP contribution in [0.15, 0.2) is 81.7 Å². The number of hydrogen-bond donors (Lipinski definition) is 0. The molecular formula is C20H14Br2N2. The number of halogens is 2. The van der Waals surface area contributed by atoms with Crippen LogP contribution in [0, 0.1) is 0 Å². The van der Waals surface area contributed by atoms with Gasteiger partial charge in [-0.25, -0.2) is 4.98 Å². The van der Waals surface area contributed by atoms with E-state index >= 15 is 0 Å². The van der Waals surface area contributed by atoms with E-state index in [-0.39, 0.29) is 0 Å². The molecule has 0 aliphatic carbocycles. The Kier molecular flexibility index (Phi) is 4.25. The average molecular weight is 442 g/mol. The summed E-state index contributed by atoms with van der Waals surface area (Å²) in [5, 5.41) is 0. The van der Waals surface area contributed by atoms with Crippen molar-refractivity contribution >= 4 is 42.9 Å². The Bertz CT molecular complexity index is 987. The van der Waals surface area contributed by atoms with Crippen molar-refractivity contribution in [2.24, 2.45) is 0 Å². The summed E-state index contributed by atoms with van der Waals surface area (Å²) in [7, 11) is 0. The van der Waals surface area contributed by atoms with Crippen LogP contribution in [0.4, 0.5) is 0 Å². The smallest absolute Gasteiger partial charge is 0.141 e. The fraction of sp³-hybridized carbons (Fsp3) is 0.0500. The van der Waals surface area contributed by atoms with Gasteiger partial charge in [-0.05, 0) is 42.0 Å². The average Bonchev–Trinajstić information content (AvgIpc) is 2.96. The van der Waals surface area contributed by atoms with Crippen LogP contribution < -0.4 is 0 Å². The minimum atomic E-state index is 0.791. The minimum absolute atomic E-state index is 0.791. The topological polar surface area (TPSA) is 17.8 Å². The van der Waals surface area contributed by atoms with Crippen LogP contribution in [0.1, 0.15) is 5.56 Å². The molecule has 4 aromatic rings. The fourth-order valence-corrected chi connectivity index (χ4v) is 3.36. The zero-order valence-corrected chi connectivity index (χ0v) is 16.0. The van der Waals surface area contributed by atoms with Crippen molar-refractivity contribution in [3.05, 3.63) is 87.3 Å². The van der Waals surface area contributed by atoms with Gasteiger partial charge >= 0.3 is 0 Å². The molecule has 0 saturated heterocycles. The van der Waals surface area contributed by atoms with Crippen molar-refractivity contribution in [3.8, 4) is 11.4 Å². The number of hydrogen-bond acceptors (Lipinski definition) is 1. The number of benzene rings is 3. The lowest BCUT2D eigenvalue weighted by Crippen LogP contribution is -2.02. The van der Waals surface area contributed by atoms with E-state index in [4.69, 9.17) is 4.98 Å². The number of fused-ring (bicyclic) bond motifs is 1. The van der Waals surface area contributed by atoms with Gasteiger partial charge in [0.15, 0.2) is 0 Å². The van der Waals surface area contributed by atoms with Gasteiger partial charge in [-0.2, -0.15) is 0 Å². The van der Waals surface area contributed by atoms with Gasteiger partial charge in [0, 0.05) is 21.1 Å². The largest absolute Gasteiger partial charge is 0.319 e. The predicted octanol–water partition coefficient (Wildman–Crippen LogP) is 6.28. The fourth-order valence-electron chi connectivity index (χ4n) is 2.83. The molecule has 4 rings (SSSR count). The second-order valence-corrected chi connectivity index (χ2v) is 7.47. The Morgan fingerprint density at radius 3 is 2.08 bits per heavy atom. The van der Waals surface area contributed by atoms with E-state index < -0.39 is 0 Å². The van der Waals surface area contributed by atoms with Gasteiger partial charge in [0.1, 0.15) is 5.82 Å². The quantitative estimate of drug-likeness (QED) is 0.366. The molecule has 2 nitrogen and oxygen atoms in total. The summed E-state index contributed by atoms with van der Waals surface area (Å²) in [6.45, 7) is 0.791. The first-order chi connectivity index (χ1) is 11.7. The molecule has 0 aliphatic heterocycles. The third-order valence-corrected chi connectivity index (χ3v) is 5.07. The third-order valence-electron chi connectivity index (χ3n) is 4.01. The highest BCUT2D eigenvalue weighted by molar-refractivity contribution is 9.10. The van der Waals surface area contributed by atoms with Crippen LogP contribution in [0.25, 0.3) is 22.4 Å². The number of rotatable bonds is 3. The molecule has 0 atom stereocenters. The van der Waals surface area contributed by atoms with Crippen molar-refractivity contribution in [2.75, 3.05) is 0 Å². The zero-order chi connectivity index (χ0) is 16.5. The molecule has 0 radical (unpaired) electrons. The summed E-state index contributed by atoms with van der Waals surface area (Å²) in [5.41, 5.74) is 4.54. The summed E-state index contributed by atoms with van der Waals surface area (Å²) in [6.07, 6.45) is 0. The molecule has 1 aromatic heterocycles. The van der Waals surface area contributed by atoms with E-state index in [1.165, 1.54) is 5.56 Å². The SMILES string of the molecule is Brc1ccc(Cn2c(-c3ccc(Br)cc3)nc3ccccc32)cc1. The third kappa shape index (κ3) is 3.04. The van der Waals surface area contributed by atoms with Gasteiger partial charge < -0.3 is 4.57 Å². The van der Waals surface area contributed by atoms with Crippen LogP contribution >= 0.6 is 31.9 Å². The maximum Gasteiger partial charge on any atom is 0.141 e. The predicted molar refractivity (Wildman–Crippen MR) is 106 cm³/mol. The standard InChI is InChI=1S/C20H14Br2N2/c21-16-9-5-14(6-10-16)13-24-19-4-2-1-3-18(19)23-20(24)15-7-11-17(22)12-8-15/h1-12H,13H2. The van der Waals surface area contributed by atoms with Crippen LogP contribution in [-0.4, -0.2) is 9.55 Å². The van der Waals surface area contributed by atoms with Gasteiger partial charge in [0.25, 0.3) is 0 Å². The maximum absolute atomic E-state index is 4.86. The molecule has 0 fully saturated rings. The lowest BCUT2D eigenvalue weighted by atomic mass is 10.2. The van der Waals surface area contributed by atoms with E-state index in [9.17, 15) is 0 Å². The van der Waals surface area contributed by atoms with E-state index in [1.54, 1.807) is 0 Å². The van der Waals surface area contributed by atoms with E-state index in [0.29, 0.717) is 0 Å². The first-order valence-electron chi connectivity index (χ1n) is 7.66. The van der Waals surface area contributed by atoms with Crippen molar-refractivity contribution in [2.45, 2.75) is 6.54 Å². The number of para-hydroxylation sites is 2. The van der Waals surface area contributed by atoms with Crippen molar-refractivity contribution in [1.82, 2.24) is 9.55 Å². The first-order valence-corrected chi connectivity index (χ1v) is 9.25. The molecular weight excluding hydrogens is 428 g/mol. The summed E-state index contributed by atoms with van der Waals surface area (Å²) in [5.74, 6) is 0.992. The Labute approximate surface area is 157 Å². The second-order valence-electron chi connectivity index (χ2n) is 5.64. The molecule has 4 heteroatoms. The molecule has 0 saturated carbocycles. The van der Waals surface area contributed by atoms with E-state index in [0.717, 1.165) is 37.9 Å². The molecule has 24 heavy (non-hydrogen) atoms. The Hall–Kier alpha value is -1.91. The first kappa shape index (κ1) is 15.6. The van der Waals surface area contributed by atoms with Gasteiger partial charge in [0.05, 0.1) is 11.0 Å². The van der Waals surface area contributed by atoms with Crippen LogP contribution in [0.2, 0.25) is 0 Å². The summed E-state index contributed by atoms with van der Waals surface area (Å²) in [6, 6.07) is 25.0. The van der Waals surface area contributed by atoms with Crippen molar-refractivity contribution < 1.29 is 0 Å². The molecule has 0 unspecified atom stereocenters. The number of imidazole rings is 1. The van der Waals surface area contributed by atoms with E-state index in [2.05, 4.69) is 103 Å². The number of aromatic nitrogens is 2. The Morgan fingerprint density at radius 1 is 0.750 bits per heavy atom. The molecule has 0 N–H and O–H groups in total. The lowest BCUT2D eigenvalue weighted by molar-refractivity contribution is 0.834. The molecule has 3 aromatic carbocycles. The van der Waals surface area contributed by atoms with Crippen molar-refractivity contribution in [3.63, 3.8) is 0 Å². The van der Waals surface area contributed by atoms with Crippen LogP contribution in [0.5, 0.6) is 0 Å². The van der Waals surface area contributed by atoms with Crippen LogP contribution in [-0.2, 0) is 6.54 Å². The maximum atomic E-state index is 4.86. The highest BCUT2D eigenvalue weighted by atomic mass is 79.9. The van der Waals surface area contributed by atoms with Crippen molar-refractivity contribution in [1.29, 1.82) is 0 Å². The monoisotopic (exact) mass is 440 g/mol. The normalized spacial score (nSPS) is 11.1. The Morgan fingerprint density at radius 2 is 1.38 bits per heavy atom. The zero-order valence-electron chi connectivity index (χ0n) is 12.8. The Balaban J connectivity index is 1.86. The summed E-state index contributed by atoms with van der Waals surface area (Å²) in [4.78, 5) is 4.86. The minimum Gasteiger partial charge on any atom is -0.319 e. The van der Waals surface area contributed by atoms with Gasteiger partial charge in [-0.1, -0.05) is 68.3 Å². The molecule has 1 heterocycles. The molecule has 0 aliphatic rings. The lowest BCUT2D eigenvalue weighted by Gasteiger charge is -2.10. The molecule has 0 bridgehead atoms. The van der Waals surface area contributed by atoms with E-state index in [1.807, 2.05) is 6.07 Å². The molecule has 0 spiro atoms. The highest BCUT2D eigenvalue weighted by Gasteiger charge is 2.12. The van der Waals surface area contributed by atoms with Gasteiger partial charge in [0.2, 0.25) is 0 Å². The molecule has 118 valence electrons. The second kappa shape index (κ2) is 6.54. The van der Waals surface area contributed by atoms with Crippen LogP contribution in [0.3, 0.4) is 0 Å². The number of nitrogens with zero attached hydrogens (tertiary/aromatic N) is 2. The highest BCUT2D eigenvalue weighted by Crippen LogP contribution is 2.27. The van der Waals surface area contributed by atoms with Gasteiger partial charge in [-0.15, -0.1) is 0 Å². The molecule has 0 amide bonds. The summed E-state index contributed by atoms with van der Waals surface area (Å²) < 4.78 is 4.44. The summed E-state index contributed by atoms with van der Waals surface area (Å²) >= 11 is 7.00. The van der Waals surface area contributed by atoms with Gasteiger partial charge in [-0.3, -0.25) is 0 Å².